The molecule has 1 aromatic rings. The Balaban J connectivity index is 2.07. The Bertz CT molecular complexity index is 765. The van der Waals surface area contributed by atoms with Crippen molar-refractivity contribution in [3.8, 4) is 0 Å². The molecule has 1 nitrogen and oxygen atoms in total. The fourth-order valence-electron chi connectivity index (χ4n) is 6.12. The molecule has 0 aliphatic heterocycles. The van der Waals surface area contributed by atoms with Crippen molar-refractivity contribution >= 4 is 0 Å². The van der Waals surface area contributed by atoms with Crippen molar-refractivity contribution in [1.29, 1.82) is 0 Å². The fourth-order valence-corrected chi connectivity index (χ4v) is 6.12. The number of unbranched alkanes of at least 4 members (excludes halogenated alkanes) is 9. The van der Waals surface area contributed by atoms with Gasteiger partial charge >= 0.3 is 0 Å². The zero-order valence-corrected chi connectivity index (χ0v) is 25.0. The number of aryl methyl sites for hydroxylation is 1. The van der Waals surface area contributed by atoms with Crippen LogP contribution in [0.15, 0.2) is 12.1 Å². The van der Waals surface area contributed by atoms with Crippen molar-refractivity contribution in [3.05, 3.63) is 34.4 Å². The highest BCUT2D eigenvalue weighted by molar-refractivity contribution is 5.48. The van der Waals surface area contributed by atoms with Gasteiger partial charge in [0.05, 0.1) is 20.6 Å². The molecule has 0 heterocycles. The SMILES string of the molecule is CCCCCCCCCCCC[N+](C)(C)C(C)(C)c1cc2c(cc1CC)C(C)(C)CCC2(C)C. The first-order valence-corrected chi connectivity index (χ1v) is 14.8. The normalized spacial score (nSPS) is 17.6. The highest BCUT2D eigenvalue weighted by Crippen LogP contribution is 2.48. The van der Waals surface area contributed by atoms with Gasteiger partial charge in [-0.3, -0.25) is 0 Å². The van der Waals surface area contributed by atoms with Crippen LogP contribution in [0.5, 0.6) is 0 Å². The van der Waals surface area contributed by atoms with Gasteiger partial charge < -0.3 is 4.48 Å². The van der Waals surface area contributed by atoms with E-state index in [9.17, 15) is 0 Å². The summed E-state index contributed by atoms with van der Waals surface area (Å²) in [6, 6.07) is 5.25. The van der Waals surface area contributed by atoms with Crippen molar-refractivity contribution in [1.82, 2.24) is 0 Å². The van der Waals surface area contributed by atoms with Crippen LogP contribution in [-0.2, 0) is 22.8 Å². The van der Waals surface area contributed by atoms with Gasteiger partial charge in [0, 0.05) is 5.56 Å². The maximum absolute atomic E-state index is 2.65. The number of quaternary nitrogens is 1. The molecule has 0 unspecified atom stereocenters. The summed E-state index contributed by atoms with van der Waals surface area (Å²) in [7, 11) is 4.95. The van der Waals surface area contributed by atoms with Crippen molar-refractivity contribution in [2.75, 3.05) is 20.6 Å². The summed E-state index contributed by atoms with van der Waals surface area (Å²) in [5.74, 6) is 0. The van der Waals surface area contributed by atoms with Crippen LogP contribution >= 0.6 is 0 Å². The van der Waals surface area contributed by atoms with E-state index >= 15 is 0 Å². The first-order valence-electron chi connectivity index (χ1n) is 14.8. The molecule has 0 atom stereocenters. The Hall–Kier alpha value is -0.820. The summed E-state index contributed by atoms with van der Waals surface area (Å²) >= 11 is 0. The van der Waals surface area contributed by atoms with Crippen LogP contribution in [0.25, 0.3) is 0 Å². The van der Waals surface area contributed by atoms with Gasteiger partial charge in [0.25, 0.3) is 0 Å². The average molecular weight is 471 g/mol. The van der Waals surface area contributed by atoms with Crippen molar-refractivity contribution in [3.63, 3.8) is 0 Å². The Morgan fingerprint density at radius 1 is 0.706 bits per heavy atom. The molecule has 34 heavy (non-hydrogen) atoms. The van der Waals surface area contributed by atoms with Gasteiger partial charge in [-0.1, -0.05) is 99.0 Å². The van der Waals surface area contributed by atoms with E-state index in [0.717, 1.165) is 10.9 Å². The number of fused-ring (bicyclic) bond motifs is 1. The second-order valence-corrected chi connectivity index (χ2v) is 13.8. The van der Waals surface area contributed by atoms with Crippen LogP contribution < -0.4 is 0 Å². The fraction of sp³-hybridized carbons (Fsp3) is 0.818. The lowest BCUT2D eigenvalue weighted by atomic mass is 9.62. The number of benzene rings is 1. The monoisotopic (exact) mass is 470 g/mol. The lowest BCUT2D eigenvalue weighted by molar-refractivity contribution is -0.945. The second-order valence-electron chi connectivity index (χ2n) is 13.8. The average Bonchev–Trinajstić information content (AvgIpc) is 2.77. The highest BCUT2D eigenvalue weighted by atomic mass is 15.4. The molecule has 0 fully saturated rings. The van der Waals surface area contributed by atoms with E-state index in [2.05, 4.69) is 81.6 Å². The smallest absolute Gasteiger partial charge is 0.119 e. The molecule has 196 valence electrons. The predicted molar refractivity (Wildman–Crippen MR) is 153 cm³/mol. The summed E-state index contributed by atoms with van der Waals surface area (Å²) in [5.41, 5.74) is 7.06. The van der Waals surface area contributed by atoms with E-state index in [1.165, 1.54) is 83.6 Å². The number of hydrogen-bond acceptors (Lipinski definition) is 0. The Morgan fingerprint density at radius 3 is 1.62 bits per heavy atom. The minimum absolute atomic E-state index is 0.108. The van der Waals surface area contributed by atoms with Crippen molar-refractivity contribution in [2.24, 2.45) is 0 Å². The topological polar surface area (TPSA) is 0 Å². The third kappa shape index (κ3) is 6.89. The van der Waals surface area contributed by atoms with E-state index in [1.54, 1.807) is 22.3 Å². The molecule has 1 aromatic carbocycles. The number of nitrogens with zero attached hydrogens (tertiary/aromatic N) is 1. The largest absolute Gasteiger partial charge is 0.320 e. The van der Waals surface area contributed by atoms with Gasteiger partial charge in [-0.05, 0) is 79.5 Å². The molecular formula is C33H60N+. The summed E-state index contributed by atoms with van der Waals surface area (Å²) in [4.78, 5) is 0. The molecule has 1 aliphatic carbocycles. The van der Waals surface area contributed by atoms with Crippen LogP contribution in [0.4, 0.5) is 0 Å². The number of hydrogen-bond donors (Lipinski definition) is 0. The Morgan fingerprint density at radius 2 is 1.15 bits per heavy atom. The van der Waals surface area contributed by atoms with Gasteiger partial charge in [-0.25, -0.2) is 0 Å². The number of rotatable bonds is 14. The zero-order chi connectivity index (χ0) is 25.6. The maximum atomic E-state index is 2.65. The summed E-state index contributed by atoms with van der Waals surface area (Å²) in [5, 5.41) is 0. The zero-order valence-electron chi connectivity index (χ0n) is 25.0. The van der Waals surface area contributed by atoms with Crippen LogP contribution in [-0.4, -0.2) is 25.1 Å². The summed E-state index contributed by atoms with van der Waals surface area (Å²) in [6.45, 7) is 20.8. The standard InChI is InChI=1S/C33H60N/c1-11-13-14-15-16-17-18-19-20-21-24-34(9,10)33(7,8)28-26-30-29(25-27(28)12-2)31(3,4)22-23-32(30,5)6/h25-26H,11-24H2,1-10H3/q+1. The molecular weight excluding hydrogens is 410 g/mol. The molecule has 1 aliphatic rings. The van der Waals surface area contributed by atoms with Crippen LogP contribution in [0.1, 0.15) is 155 Å². The molecule has 0 amide bonds. The summed E-state index contributed by atoms with van der Waals surface area (Å²) < 4.78 is 1.07. The highest BCUT2D eigenvalue weighted by Gasteiger charge is 2.43. The van der Waals surface area contributed by atoms with Gasteiger partial charge in [0.1, 0.15) is 5.54 Å². The lowest BCUT2D eigenvalue weighted by Gasteiger charge is -2.48. The van der Waals surface area contributed by atoms with Gasteiger partial charge in [0.15, 0.2) is 0 Å². The maximum Gasteiger partial charge on any atom is 0.119 e. The van der Waals surface area contributed by atoms with Gasteiger partial charge in [0.2, 0.25) is 0 Å². The lowest BCUT2D eigenvalue weighted by Crippen LogP contribution is -2.55. The third-order valence-electron chi connectivity index (χ3n) is 9.70. The quantitative estimate of drug-likeness (QED) is 0.187. The molecule has 2 rings (SSSR count). The van der Waals surface area contributed by atoms with E-state index in [4.69, 9.17) is 0 Å². The molecule has 1 heteroatoms. The van der Waals surface area contributed by atoms with E-state index in [1.807, 2.05) is 0 Å². The molecule has 0 saturated heterocycles. The first kappa shape index (κ1) is 29.4. The minimum Gasteiger partial charge on any atom is -0.320 e. The Labute approximate surface area is 214 Å². The van der Waals surface area contributed by atoms with E-state index < -0.39 is 0 Å². The molecule has 0 bridgehead atoms. The predicted octanol–water partition coefficient (Wildman–Crippen LogP) is 9.83. The third-order valence-corrected chi connectivity index (χ3v) is 9.70. The second kappa shape index (κ2) is 11.9. The van der Waals surface area contributed by atoms with E-state index in [-0.39, 0.29) is 16.4 Å². The molecule has 0 radical (unpaired) electrons. The van der Waals surface area contributed by atoms with Crippen molar-refractivity contribution < 1.29 is 4.48 Å². The molecule has 0 N–H and O–H groups in total. The summed E-state index contributed by atoms with van der Waals surface area (Å²) in [6.07, 6.45) is 17.8. The molecule has 0 aromatic heterocycles. The van der Waals surface area contributed by atoms with Crippen molar-refractivity contribution in [2.45, 2.75) is 155 Å². The van der Waals surface area contributed by atoms with Crippen LogP contribution in [0.3, 0.4) is 0 Å². The Kier molecular flexibility index (Phi) is 10.3. The van der Waals surface area contributed by atoms with Crippen LogP contribution in [0, 0.1) is 0 Å². The van der Waals surface area contributed by atoms with Crippen LogP contribution in [0.2, 0.25) is 0 Å². The molecule has 0 saturated carbocycles. The first-order chi connectivity index (χ1) is 15.8. The van der Waals surface area contributed by atoms with Gasteiger partial charge in [-0.15, -0.1) is 0 Å². The minimum atomic E-state index is 0.108. The molecule has 0 spiro atoms. The van der Waals surface area contributed by atoms with Gasteiger partial charge in [-0.2, -0.15) is 0 Å². The van der Waals surface area contributed by atoms with E-state index in [0.29, 0.717) is 0 Å².